The molecular formula is C67H85F2N11O16. The summed E-state index contributed by atoms with van der Waals surface area (Å²) in [6, 6.07) is -0.103. The van der Waals surface area contributed by atoms with E-state index in [-0.39, 0.29) is 79.5 Å². The number of hydrogen-bond acceptors (Lipinski definition) is 23. The van der Waals surface area contributed by atoms with Crippen LogP contribution in [-0.4, -0.2) is 187 Å². The molecule has 96 heavy (non-hydrogen) atoms. The molecule has 3 fully saturated rings. The second-order valence-electron chi connectivity index (χ2n) is 25.4. The Hall–Kier alpha value is -9.29. The molecule has 7 heterocycles. The molecule has 5 aliphatic heterocycles. The lowest BCUT2D eigenvalue weighted by molar-refractivity contribution is -0.160. The number of methoxy groups -OCH3 is 1. The minimum atomic E-state index is -2.04. The Morgan fingerprint density at radius 3 is 2.10 bits per heavy atom. The predicted octanol–water partition coefficient (Wildman–Crippen LogP) is 5.99. The fourth-order valence-electron chi connectivity index (χ4n) is 12.5. The molecule has 11 atom stereocenters. The van der Waals surface area contributed by atoms with Gasteiger partial charge in [-0.15, -0.1) is 0 Å². The number of allylic oxidation sites excluding steroid dienone is 2. The number of aromatic carboxylic acids is 1. The number of primary amides is 1. The molecule has 0 radical (unpaired) electrons. The highest BCUT2D eigenvalue weighted by atomic mass is 19.1. The summed E-state index contributed by atoms with van der Waals surface area (Å²) in [4.78, 5) is 85.9. The number of hydrazone groups is 1. The molecule has 6 aliphatic rings. The standard InChI is InChI=1S/C43H58N4O12.C19H22F2N4O3.C5H5N3O/c1-21-12-11-13-22(2)42(55)45-33-28(20-44-47-17-15-46(9)16-18-47)37(52)30-31(38(33)53)36(51)26(6)40-32(30)41(54)43(8,59-40)57-19-14-29(56-10)23(3)39(58-27(7)48)25(5)35(50)24(4)34(21)49;1-8-5-24(6-9(2)23-8)17-13(20)15(22)12-16(14(17)21)25(10-3-4-10)7-11(18(12)26)19(27)28;6-5(9)4-3-7-1-2-8-4/h11-14,19-21,23-25,29,34-35,39,49-53H,15-18H2,1-10H3,(H,45,55);7-10,23H,3-6,22H2,1-2H3,(H,27,28);1-3H,(H2,6,9)/b12-11+,19-14+,22-13-,44-20+;;/t21-,23+,24+,25+,29-,34-,35+,39+,43-;8-,9+;/m0../s1. The number of carbonyl (C=O) groups excluding carboxylic acids is 4. The number of ether oxygens (including phenoxy) is 4. The molecule has 0 unspecified atom stereocenters. The molecule has 5 bridgehead atoms. The van der Waals surface area contributed by atoms with Gasteiger partial charge in [0.1, 0.15) is 40.3 Å². The van der Waals surface area contributed by atoms with Gasteiger partial charge in [0, 0.05) is 137 Å². The number of rotatable bonds is 8. The number of carbonyl (C=O) groups is 5. The molecule has 0 spiro atoms. The zero-order valence-corrected chi connectivity index (χ0v) is 55.6. The van der Waals surface area contributed by atoms with E-state index >= 15 is 8.78 Å². The summed E-state index contributed by atoms with van der Waals surface area (Å²) in [7, 11) is 3.42. The number of phenols is 3. The summed E-state index contributed by atoms with van der Waals surface area (Å²) < 4.78 is 55.8. The number of aliphatic hydroxyl groups is 2. The normalized spacial score (nSPS) is 27.1. The number of aromatic hydroxyl groups is 3. The van der Waals surface area contributed by atoms with E-state index in [4.69, 9.17) is 30.4 Å². The summed E-state index contributed by atoms with van der Waals surface area (Å²) in [6.45, 7) is 19.7. The number of phenolic OH excluding ortho intramolecular Hbond substituents is 3. The zero-order valence-electron chi connectivity index (χ0n) is 55.6. The third kappa shape index (κ3) is 15.0. The fourth-order valence-corrected chi connectivity index (χ4v) is 12.5. The van der Waals surface area contributed by atoms with Gasteiger partial charge in [-0.05, 0) is 53.7 Å². The molecule has 2 aromatic heterocycles. The first kappa shape index (κ1) is 72.5. The highest BCUT2D eigenvalue weighted by Crippen LogP contribution is 2.55. The molecule has 5 aromatic rings. The Morgan fingerprint density at radius 2 is 1.53 bits per heavy atom. The maximum absolute atomic E-state index is 15.6. The Bertz CT molecular complexity index is 4000. The number of carboxylic acids is 1. The number of Topliss-reactive ketones (excluding diaryl/α,β-unsaturated/α-hetero) is 1. The minimum absolute atomic E-state index is 0.0134. The van der Waals surface area contributed by atoms with Crippen LogP contribution in [0.2, 0.25) is 0 Å². The van der Waals surface area contributed by atoms with Crippen molar-refractivity contribution in [2.45, 2.75) is 130 Å². The number of piperazine rings is 2. The maximum atomic E-state index is 15.6. The number of fused-ring (bicyclic) bond motifs is 15. The van der Waals surface area contributed by atoms with E-state index in [0.717, 1.165) is 32.1 Å². The van der Waals surface area contributed by atoms with Crippen molar-refractivity contribution in [2.24, 2.45) is 34.5 Å². The van der Waals surface area contributed by atoms with Gasteiger partial charge in [0.25, 0.3) is 17.6 Å². The van der Waals surface area contributed by atoms with Crippen LogP contribution in [0, 0.1) is 42.2 Å². The number of nitrogen functional groups attached to an aromatic ring is 1. The van der Waals surface area contributed by atoms with E-state index in [1.165, 1.54) is 82.6 Å². The zero-order chi connectivity index (χ0) is 70.7. The van der Waals surface area contributed by atoms with E-state index in [2.05, 4.69) is 30.6 Å². The van der Waals surface area contributed by atoms with Crippen molar-refractivity contribution >= 4 is 74.5 Å². The van der Waals surface area contributed by atoms with Crippen LogP contribution in [0.25, 0.3) is 21.7 Å². The first-order chi connectivity index (χ1) is 45.2. The third-order valence-corrected chi connectivity index (χ3v) is 18.1. The number of benzene rings is 3. The molecule has 2 saturated heterocycles. The van der Waals surface area contributed by atoms with Gasteiger partial charge in [-0.25, -0.2) is 18.6 Å². The number of nitrogens with one attached hydrogen (secondary N) is 2. The summed E-state index contributed by atoms with van der Waals surface area (Å²) >= 11 is 0. The summed E-state index contributed by atoms with van der Waals surface area (Å²) in [6.07, 6.45) is 11.7. The monoisotopic (exact) mass is 1340 g/mol. The van der Waals surface area contributed by atoms with Crippen LogP contribution in [0.3, 0.4) is 0 Å². The second kappa shape index (κ2) is 29.8. The van der Waals surface area contributed by atoms with Gasteiger partial charge in [-0.2, -0.15) is 5.10 Å². The number of aromatic nitrogens is 3. The van der Waals surface area contributed by atoms with Gasteiger partial charge >= 0.3 is 17.7 Å². The van der Waals surface area contributed by atoms with Gasteiger partial charge in [0.05, 0.1) is 75.8 Å². The van der Waals surface area contributed by atoms with E-state index in [1.807, 2.05) is 20.9 Å². The molecule has 1 aliphatic carbocycles. The van der Waals surface area contributed by atoms with Gasteiger partial charge in [0.15, 0.2) is 17.4 Å². The molecule has 11 rings (SSSR count). The number of halogens is 2. The van der Waals surface area contributed by atoms with Crippen LogP contribution < -0.4 is 37.2 Å². The number of nitrogens with two attached hydrogens (primary N) is 2. The average Bonchev–Trinajstić information content (AvgIpc) is 1.44. The molecular weight excluding hydrogens is 1250 g/mol. The Labute approximate surface area is 552 Å². The van der Waals surface area contributed by atoms with Crippen molar-refractivity contribution in [2.75, 3.05) is 69.4 Å². The molecule has 3 aromatic carbocycles. The lowest BCUT2D eigenvalue weighted by Gasteiger charge is -2.38. The predicted molar refractivity (Wildman–Crippen MR) is 353 cm³/mol. The second-order valence-corrected chi connectivity index (χ2v) is 25.4. The number of hydrogen-bond donors (Lipinski definition) is 10. The van der Waals surface area contributed by atoms with Crippen LogP contribution >= 0.6 is 0 Å². The van der Waals surface area contributed by atoms with Crippen LogP contribution in [0.1, 0.15) is 124 Å². The SMILES string of the molecule is CO[C@H]1/C=C/O[C@@]2(C)Oc3c(C)c(O)c4c(O)c(c(/C=N/N5CCN(C)CC5)c(O)c4c3C2=O)NC(=O)/C(C)=C\C=C\[C@H](C)[C@H](O)[C@@H](C)[C@@H](O)[C@@H](C)[C@H](OC(C)=O)[C@@H]1C.C[C@@H]1CN(c2c(F)c(N)c3c(=O)c(C(=O)O)cn(C4CC4)c3c2F)C[C@H](C)N1.NC(=O)c1cnccn1. The lowest BCUT2D eigenvalue weighted by atomic mass is 9.78. The summed E-state index contributed by atoms with van der Waals surface area (Å²) in [5.41, 5.74) is 8.25. The fraction of sp³-hybridized carbons (Fsp3) is 0.478. The van der Waals surface area contributed by atoms with Crippen LogP contribution in [-0.2, 0) is 23.8 Å². The third-order valence-electron chi connectivity index (χ3n) is 18.1. The van der Waals surface area contributed by atoms with Crippen molar-refractivity contribution in [3.63, 3.8) is 0 Å². The number of carboxylic acid groups (broad SMARTS) is 1. The van der Waals surface area contributed by atoms with Crippen molar-refractivity contribution in [3.05, 3.63) is 111 Å². The van der Waals surface area contributed by atoms with Crippen LogP contribution in [0.4, 0.5) is 25.8 Å². The van der Waals surface area contributed by atoms with Gasteiger partial charge in [0.2, 0.25) is 5.43 Å². The van der Waals surface area contributed by atoms with Crippen molar-refractivity contribution in [1.29, 1.82) is 0 Å². The largest absolute Gasteiger partial charge is 0.507 e. The van der Waals surface area contributed by atoms with Crippen molar-refractivity contribution in [1.82, 2.24) is 29.8 Å². The van der Waals surface area contributed by atoms with Crippen LogP contribution in [0.15, 0.2) is 70.8 Å². The molecule has 1 saturated carbocycles. The molecule has 518 valence electrons. The number of amides is 2. The number of anilines is 3. The van der Waals surface area contributed by atoms with E-state index in [1.54, 1.807) is 49.8 Å². The number of likely N-dealkylation sites (N-methyl/N-ethyl adjacent to an activating group) is 1. The lowest BCUT2D eigenvalue weighted by Crippen LogP contribution is -2.54. The van der Waals surface area contributed by atoms with Crippen molar-refractivity contribution in [3.8, 4) is 23.0 Å². The first-order valence-corrected chi connectivity index (χ1v) is 31.4. The highest BCUT2D eigenvalue weighted by Gasteiger charge is 2.50. The Balaban J connectivity index is 0.000000259. The quantitative estimate of drug-likeness (QED) is 0.0280. The van der Waals surface area contributed by atoms with Gasteiger partial charge in [-0.1, -0.05) is 45.9 Å². The van der Waals surface area contributed by atoms with E-state index < -0.39 is 134 Å². The number of ketones is 1. The van der Waals surface area contributed by atoms with Gasteiger partial charge in [-0.3, -0.25) is 34.0 Å². The van der Waals surface area contributed by atoms with Crippen LogP contribution in [0.5, 0.6) is 23.0 Å². The highest BCUT2D eigenvalue weighted by molar-refractivity contribution is 6.24. The van der Waals surface area contributed by atoms with E-state index in [9.17, 15) is 59.4 Å². The summed E-state index contributed by atoms with van der Waals surface area (Å²) in [5.74, 6) is -12.2. The number of nitrogens with zero attached hydrogens (tertiary/aromatic N) is 7. The summed E-state index contributed by atoms with van der Waals surface area (Å²) in [5, 5.41) is 79.1. The molecule has 27 nitrogen and oxygen atoms in total. The molecule has 2 amide bonds. The average molecular weight is 1340 g/mol. The topological polar surface area (TPSA) is 390 Å². The Morgan fingerprint density at radius 1 is 0.875 bits per heavy atom. The van der Waals surface area contributed by atoms with Gasteiger partial charge < -0.3 is 86.1 Å². The number of pyridine rings is 1. The minimum Gasteiger partial charge on any atom is -0.507 e. The Kier molecular flexibility index (Phi) is 22.5. The van der Waals surface area contributed by atoms with Crippen molar-refractivity contribution < 1.29 is 82.3 Å². The van der Waals surface area contributed by atoms with E-state index in [0.29, 0.717) is 26.2 Å². The maximum Gasteiger partial charge on any atom is 0.341 e. The smallest absolute Gasteiger partial charge is 0.341 e. The number of aliphatic hydroxyl groups excluding tert-OH is 2. The number of esters is 1. The molecule has 29 heteroatoms. The molecule has 12 N–H and O–H groups in total. The first-order valence-electron chi connectivity index (χ1n) is 31.4.